The summed E-state index contributed by atoms with van der Waals surface area (Å²) in [4.78, 5) is 0. The predicted molar refractivity (Wildman–Crippen MR) is 64.9 cm³/mol. The van der Waals surface area contributed by atoms with Crippen LogP contribution in [0.1, 0.15) is 39.0 Å². The average molecular weight is 213 g/mol. The summed E-state index contributed by atoms with van der Waals surface area (Å²) in [6, 6.07) is 0.855. The van der Waals surface area contributed by atoms with Gasteiger partial charge in [-0.1, -0.05) is 6.92 Å². The van der Waals surface area contributed by atoms with Crippen LogP contribution in [0.2, 0.25) is 0 Å². The van der Waals surface area contributed by atoms with Gasteiger partial charge in [0.15, 0.2) is 0 Å². The Bertz CT molecular complexity index is 162. The van der Waals surface area contributed by atoms with E-state index in [4.69, 9.17) is 0 Å². The van der Waals surface area contributed by atoms with Gasteiger partial charge in [0.1, 0.15) is 0 Å². The molecule has 0 amide bonds. The van der Waals surface area contributed by atoms with Crippen LogP contribution in [0.4, 0.5) is 0 Å². The number of hydrogen-bond acceptors (Lipinski definition) is 2. The SMILES string of the molecule is CCNC(CC1CCSCC1)C1CC1. The van der Waals surface area contributed by atoms with E-state index in [0.29, 0.717) is 0 Å². The summed E-state index contributed by atoms with van der Waals surface area (Å²) in [5.41, 5.74) is 0. The normalized spacial score (nSPS) is 26.4. The van der Waals surface area contributed by atoms with Gasteiger partial charge < -0.3 is 5.32 Å². The van der Waals surface area contributed by atoms with Crippen molar-refractivity contribution in [1.82, 2.24) is 5.32 Å². The van der Waals surface area contributed by atoms with Crippen LogP contribution in [0, 0.1) is 11.8 Å². The van der Waals surface area contributed by atoms with Crippen LogP contribution < -0.4 is 5.32 Å². The first kappa shape index (κ1) is 10.8. The van der Waals surface area contributed by atoms with E-state index in [1.807, 2.05) is 0 Å². The molecule has 0 aromatic heterocycles. The van der Waals surface area contributed by atoms with E-state index in [0.717, 1.165) is 24.4 Å². The summed E-state index contributed by atoms with van der Waals surface area (Å²) in [5, 5.41) is 3.69. The molecular weight excluding hydrogens is 190 g/mol. The lowest BCUT2D eigenvalue weighted by Crippen LogP contribution is -2.33. The standard InChI is InChI=1S/C12H23NS/c1-2-13-12(11-3-4-11)9-10-5-7-14-8-6-10/h10-13H,2-9H2,1H3. The molecule has 82 valence electrons. The highest BCUT2D eigenvalue weighted by molar-refractivity contribution is 7.99. The average Bonchev–Trinajstić information content (AvgIpc) is 3.02. The first-order chi connectivity index (χ1) is 6.90. The minimum absolute atomic E-state index is 0.855. The molecular formula is C12H23NS. The van der Waals surface area contributed by atoms with Crippen molar-refractivity contribution in [3.63, 3.8) is 0 Å². The molecule has 1 aliphatic heterocycles. The van der Waals surface area contributed by atoms with Gasteiger partial charge in [-0.05, 0) is 62.0 Å². The van der Waals surface area contributed by atoms with Crippen molar-refractivity contribution in [2.75, 3.05) is 18.1 Å². The molecule has 2 aliphatic rings. The van der Waals surface area contributed by atoms with Gasteiger partial charge in [0.05, 0.1) is 0 Å². The Morgan fingerprint density at radius 1 is 1.21 bits per heavy atom. The fourth-order valence-corrected chi connectivity index (χ4v) is 3.75. The molecule has 0 aromatic rings. The number of hydrogen-bond donors (Lipinski definition) is 1. The zero-order valence-electron chi connectivity index (χ0n) is 9.30. The molecule has 1 N–H and O–H groups in total. The zero-order valence-corrected chi connectivity index (χ0v) is 10.1. The minimum Gasteiger partial charge on any atom is -0.314 e. The molecule has 0 spiro atoms. The Hall–Kier alpha value is 0.310. The summed E-state index contributed by atoms with van der Waals surface area (Å²) >= 11 is 2.14. The summed E-state index contributed by atoms with van der Waals surface area (Å²) in [7, 11) is 0. The summed E-state index contributed by atoms with van der Waals surface area (Å²) in [5.74, 6) is 4.88. The van der Waals surface area contributed by atoms with Crippen LogP contribution >= 0.6 is 11.8 Å². The molecule has 0 bridgehead atoms. The monoisotopic (exact) mass is 213 g/mol. The van der Waals surface area contributed by atoms with Crippen LogP contribution in [-0.2, 0) is 0 Å². The Balaban J connectivity index is 1.73. The Morgan fingerprint density at radius 2 is 1.93 bits per heavy atom. The van der Waals surface area contributed by atoms with Crippen LogP contribution in [0.15, 0.2) is 0 Å². The molecule has 1 heterocycles. The van der Waals surface area contributed by atoms with Crippen LogP contribution in [-0.4, -0.2) is 24.1 Å². The van der Waals surface area contributed by atoms with Gasteiger partial charge in [-0.25, -0.2) is 0 Å². The topological polar surface area (TPSA) is 12.0 Å². The highest BCUT2D eigenvalue weighted by Crippen LogP contribution is 2.37. The second kappa shape index (κ2) is 5.41. The van der Waals surface area contributed by atoms with Crippen molar-refractivity contribution < 1.29 is 0 Å². The van der Waals surface area contributed by atoms with E-state index in [2.05, 4.69) is 24.0 Å². The molecule has 1 aliphatic carbocycles. The maximum absolute atomic E-state index is 3.69. The van der Waals surface area contributed by atoms with Crippen LogP contribution in [0.25, 0.3) is 0 Å². The maximum atomic E-state index is 3.69. The molecule has 0 radical (unpaired) electrons. The van der Waals surface area contributed by atoms with E-state index in [1.165, 1.54) is 43.6 Å². The van der Waals surface area contributed by atoms with Gasteiger partial charge in [-0.3, -0.25) is 0 Å². The molecule has 1 saturated carbocycles. The molecule has 2 fully saturated rings. The first-order valence-corrected chi connectivity index (χ1v) is 7.36. The van der Waals surface area contributed by atoms with E-state index in [9.17, 15) is 0 Å². The Morgan fingerprint density at radius 3 is 2.50 bits per heavy atom. The predicted octanol–water partition coefficient (Wildman–Crippen LogP) is 2.91. The molecule has 14 heavy (non-hydrogen) atoms. The van der Waals surface area contributed by atoms with Crippen molar-refractivity contribution in [2.45, 2.75) is 45.1 Å². The van der Waals surface area contributed by atoms with E-state index < -0.39 is 0 Å². The maximum Gasteiger partial charge on any atom is 0.00978 e. The third-order valence-electron chi connectivity index (χ3n) is 3.59. The van der Waals surface area contributed by atoms with Crippen LogP contribution in [0.3, 0.4) is 0 Å². The minimum atomic E-state index is 0.855. The fourth-order valence-electron chi connectivity index (χ4n) is 2.54. The summed E-state index contributed by atoms with van der Waals surface area (Å²) in [6.45, 7) is 3.40. The molecule has 2 heteroatoms. The molecule has 1 unspecified atom stereocenters. The largest absolute Gasteiger partial charge is 0.314 e. The summed E-state index contributed by atoms with van der Waals surface area (Å²) < 4.78 is 0. The van der Waals surface area contributed by atoms with E-state index in [-0.39, 0.29) is 0 Å². The number of nitrogens with one attached hydrogen (secondary N) is 1. The van der Waals surface area contributed by atoms with Crippen molar-refractivity contribution >= 4 is 11.8 Å². The lowest BCUT2D eigenvalue weighted by molar-refractivity contribution is 0.344. The third-order valence-corrected chi connectivity index (χ3v) is 4.63. The highest BCUT2D eigenvalue weighted by atomic mass is 32.2. The Labute approximate surface area is 92.4 Å². The number of rotatable bonds is 5. The molecule has 1 nitrogen and oxygen atoms in total. The Kier molecular flexibility index (Phi) is 4.18. The highest BCUT2D eigenvalue weighted by Gasteiger charge is 2.32. The second-order valence-corrected chi connectivity index (χ2v) is 6.02. The van der Waals surface area contributed by atoms with Gasteiger partial charge in [0.25, 0.3) is 0 Å². The quantitative estimate of drug-likeness (QED) is 0.753. The molecule has 0 aromatic carbocycles. The van der Waals surface area contributed by atoms with Gasteiger partial charge in [-0.15, -0.1) is 0 Å². The first-order valence-electron chi connectivity index (χ1n) is 6.21. The summed E-state index contributed by atoms with van der Waals surface area (Å²) in [6.07, 6.45) is 7.37. The van der Waals surface area contributed by atoms with Crippen molar-refractivity contribution in [3.8, 4) is 0 Å². The van der Waals surface area contributed by atoms with Crippen molar-refractivity contribution in [3.05, 3.63) is 0 Å². The van der Waals surface area contributed by atoms with Gasteiger partial charge >= 0.3 is 0 Å². The lowest BCUT2D eigenvalue weighted by atomic mass is 9.92. The number of thioether (sulfide) groups is 1. The third kappa shape index (κ3) is 3.16. The zero-order chi connectivity index (χ0) is 9.80. The van der Waals surface area contributed by atoms with Crippen molar-refractivity contribution in [2.24, 2.45) is 11.8 Å². The van der Waals surface area contributed by atoms with E-state index >= 15 is 0 Å². The lowest BCUT2D eigenvalue weighted by Gasteiger charge is -2.26. The second-order valence-electron chi connectivity index (χ2n) is 4.79. The fraction of sp³-hybridized carbons (Fsp3) is 1.00. The molecule has 2 rings (SSSR count). The molecule has 1 saturated heterocycles. The van der Waals surface area contributed by atoms with Crippen molar-refractivity contribution in [1.29, 1.82) is 0 Å². The van der Waals surface area contributed by atoms with Gasteiger partial charge in [0, 0.05) is 6.04 Å². The van der Waals surface area contributed by atoms with E-state index in [1.54, 1.807) is 0 Å². The molecule has 1 atom stereocenters. The van der Waals surface area contributed by atoms with Crippen LogP contribution in [0.5, 0.6) is 0 Å². The van der Waals surface area contributed by atoms with Gasteiger partial charge in [-0.2, -0.15) is 11.8 Å². The van der Waals surface area contributed by atoms with Gasteiger partial charge in [0.2, 0.25) is 0 Å². The smallest absolute Gasteiger partial charge is 0.00978 e.